The molecule has 1 saturated heterocycles. The van der Waals surface area contributed by atoms with E-state index in [0.29, 0.717) is 0 Å². The fourth-order valence-electron chi connectivity index (χ4n) is 2.27. The van der Waals surface area contributed by atoms with Crippen LogP contribution in [-0.4, -0.2) is 50.1 Å². The number of carbonyl (C=O) groups is 1. The summed E-state index contributed by atoms with van der Waals surface area (Å²) in [6.45, 7) is 4.87. The molecule has 5 nitrogen and oxygen atoms in total. The Labute approximate surface area is 113 Å². The Balaban J connectivity index is 1.94. The Hall–Kier alpha value is -1.75. The van der Waals surface area contributed by atoms with Gasteiger partial charge in [-0.05, 0) is 31.2 Å². The summed E-state index contributed by atoms with van der Waals surface area (Å²) in [5.41, 5.74) is 6.79. The highest BCUT2D eigenvalue weighted by molar-refractivity contribution is 5.81. The molecule has 0 radical (unpaired) electrons. The lowest BCUT2D eigenvalue weighted by atomic mass is 10.2. The van der Waals surface area contributed by atoms with Crippen molar-refractivity contribution >= 4 is 11.6 Å². The van der Waals surface area contributed by atoms with E-state index in [1.54, 1.807) is 14.0 Å². The summed E-state index contributed by atoms with van der Waals surface area (Å²) in [5, 5.41) is 0. The third kappa shape index (κ3) is 3.17. The molecular formula is C14H21N3O2. The number of ether oxygens (including phenoxy) is 1. The summed E-state index contributed by atoms with van der Waals surface area (Å²) in [4.78, 5) is 15.9. The van der Waals surface area contributed by atoms with Crippen molar-refractivity contribution in [2.24, 2.45) is 5.73 Å². The van der Waals surface area contributed by atoms with Crippen molar-refractivity contribution in [3.05, 3.63) is 24.3 Å². The summed E-state index contributed by atoms with van der Waals surface area (Å²) in [7, 11) is 1.66. The largest absolute Gasteiger partial charge is 0.497 e. The third-order valence-electron chi connectivity index (χ3n) is 3.42. The van der Waals surface area contributed by atoms with E-state index in [4.69, 9.17) is 10.5 Å². The maximum Gasteiger partial charge on any atom is 0.239 e. The molecule has 1 aliphatic heterocycles. The van der Waals surface area contributed by atoms with Crippen LogP contribution in [0.3, 0.4) is 0 Å². The minimum atomic E-state index is -0.410. The number of nitrogens with zero attached hydrogens (tertiary/aromatic N) is 2. The van der Waals surface area contributed by atoms with Crippen LogP contribution in [0.1, 0.15) is 6.92 Å². The van der Waals surface area contributed by atoms with Gasteiger partial charge in [0, 0.05) is 31.9 Å². The zero-order chi connectivity index (χ0) is 13.8. The monoisotopic (exact) mass is 263 g/mol. The van der Waals surface area contributed by atoms with Crippen molar-refractivity contribution in [1.82, 2.24) is 4.90 Å². The molecule has 1 atom stereocenters. The highest BCUT2D eigenvalue weighted by Crippen LogP contribution is 2.20. The molecule has 5 heteroatoms. The zero-order valence-corrected chi connectivity index (χ0v) is 11.5. The van der Waals surface area contributed by atoms with Crippen LogP contribution >= 0.6 is 0 Å². The molecular weight excluding hydrogens is 242 g/mol. The summed E-state index contributed by atoms with van der Waals surface area (Å²) < 4.78 is 5.15. The molecule has 1 unspecified atom stereocenters. The smallest absolute Gasteiger partial charge is 0.239 e. The van der Waals surface area contributed by atoms with Gasteiger partial charge in [-0.25, -0.2) is 0 Å². The molecule has 1 fully saturated rings. The third-order valence-corrected chi connectivity index (χ3v) is 3.42. The number of methoxy groups -OCH3 is 1. The lowest BCUT2D eigenvalue weighted by Crippen LogP contribution is -2.52. The first kappa shape index (κ1) is 13.7. The first-order chi connectivity index (χ1) is 9.11. The molecule has 2 N–H and O–H groups in total. The minimum absolute atomic E-state index is 0.0365. The number of anilines is 1. The van der Waals surface area contributed by atoms with Crippen molar-refractivity contribution in [2.45, 2.75) is 13.0 Å². The Bertz CT molecular complexity index is 423. The second-order valence-electron chi connectivity index (χ2n) is 4.80. The topological polar surface area (TPSA) is 58.8 Å². The molecule has 0 aromatic heterocycles. The molecule has 1 heterocycles. The van der Waals surface area contributed by atoms with Gasteiger partial charge in [-0.3, -0.25) is 4.79 Å². The van der Waals surface area contributed by atoms with E-state index in [9.17, 15) is 4.79 Å². The van der Waals surface area contributed by atoms with Crippen molar-refractivity contribution in [3.8, 4) is 5.75 Å². The average molecular weight is 263 g/mol. The predicted molar refractivity (Wildman–Crippen MR) is 75.4 cm³/mol. The Morgan fingerprint density at radius 3 is 2.26 bits per heavy atom. The Morgan fingerprint density at radius 2 is 1.79 bits per heavy atom. The number of piperazine rings is 1. The van der Waals surface area contributed by atoms with Crippen LogP contribution in [0, 0.1) is 0 Å². The van der Waals surface area contributed by atoms with Crippen LogP contribution in [0.15, 0.2) is 24.3 Å². The van der Waals surface area contributed by atoms with Gasteiger partial charge < -0.3 is 20.3 Å². The van der Waals surface area contributed by atoms with Crippen LogP contribution in [0.25, 0.3) is 0 Å². The SMILES string of the molecule is COc1ccc(N2CCN(C(=O)C(C)N)CC2)cc1. The molecule has 0 aliphatic carbocycles. The Kier molecular flexibility index (Phi) is 4.27. The average Bonchev–Trinajstić information content (AvgIpc) is 2.46. The molecule has 19 heavy (non-hydrogen) atoms. The fraction of sp³-hybridized carbons (Fsp3) is 0.500. The molecule has 0 bridgehead atoms. The van der Waals surface area contributed by atoms with E-state index in [-0.39, 0.29) is 5.91 Å². The van der Waals surface area contributed by atoms with Gasteiger partial charge in [0.1, 0.15) is 5.75 Å². The molecule has 0 spiro atoms. The normalized spacial score (nSPS) is 17.2. The number of nitrogens with two attached hydrogens (primary N) is 1. The molecule has 1 amide bonds. The number of carbonyl (C=O) groups excluding carboxylic acids is 1. The summed E-state index contributed by atoms with van der Waals surface area (Å²) in [6, 6.07) is 7.58. The lowest BCUT2D eigenvalue weighted by molar-refractivity contribution is -0.132. The number of amides is 1. The van der Waals surface area contributed by atoms with Gasteiger partial charge in [0.25, 0.3) is 0 Å². The van der Waals surface area contributed by atoms with E-state index in [0.717, 1.165) is 37.6 Å². The summed E-state index contributed by atoms with van der Waals surface area (Å²) >= 11 is 0. The molecule has 104 valence electrons. The maximum absolute atomic E-state index is 11.8. The molecule has 1 aliphatic rings. The fourth-order valence-corrected chi connectivity index (χ4v) is 2.27. The lowest BCUT2D eigenvalue weighted by Gasteiger charge is -2.36. The van der Waals surface area contributed by atoms with Crippen LogP contribution in [0.4, 0.5) is 5.69 Å². The Morgan fingerprint density at radius 1 is 1.21 bits per heavy atom. The molecule has 2 rings (SSSR count). The van der Waals surface area contributed by atoms with Crippen LogP contribution < -0.4 is 15.4 Å². The van der Waals surface area contributed by atoms with E-state index in [1.807, 2.05) is 29.2 Å². The van der Waals surface area contributed by atoms with Gasteiger partial charge in [-0.1, -0.05) is 0 Å². The molecule has 1 aromatic rings. The van der Waals surface area contributed by atoms with Gasteiger partial charge in [-0.15, -0.1) is 0 Å². The van der Waals surface area contributed by atoms with Gasteiger partial charge in [0.05, 0.1) is 13.2 Å². The highest BCUT2D eigenvalue weighted by Gasteiger charge is 2.23. The van der Waals surface area contributed by atoms with Gasteiger partial charge in [-0.2, -0.15) is 0 Å². The van der Waals surface area contributed by atoms with Crippen molar-refractivity contribution in [3.63, 3.8) is 0 Å². The maximum atomic E-state index is 11.8. The van der Waals surface area contributed by atoms with Crippen LogP contribution in [0.5, 0.6) is 5.75 Å². The van der Waals surface area contributed by atoms with Crippen molar-refractivity contribution < 1.29 is 9.53 Å². The minimum Gasteiger partial charge on any atom is -0.497 e. The summed E-state index contributed by atoms with van der Waals surface area (Å²) in [5.74, 6) is 0.893. The first-order valence-electron chi connectivity index (χ1n) is 6.55. The van der Waals surface area contributed by atoms with Crippen LogP contribution in [-0.2, 0) is 4.79 Å². The van der Waals surface area contributed by atoms with E-state index in [1.165, 1.54) is 0 Å². The number of benzene rings is 1. The number of rotatable bonds is 3. The second-order valence-corrected chi connectivity index (χ2v) is 4.80. The van der Waals surface area contributed by atoms with E-state index < -0.39 is 6.04 Å². The van der Waals surface area contributed by atoms with Gasteiger partial charge in [0.15, 0.2) is 0 Å². The van der Waals surface area contributed by atoms with E-state index >= 15 is 0 Å². The van der Waals surface area contributed by atoms with E-state index in [2.05, 4.69) is 4.90 Å². The molecule has 0 saturated carbocycles. The number of hydrogen-bond acceptors (Lipinski definition) is 4. The van der Waals surface area contributed by atoms with Gasteiger partial charge >= 0.3 is 0 Å². The quantitative estimate of drug-likeness (QED) is 0.871. The first-order valence-corrected chi connectivity index (χ1v) is 6.55. The summed E-state index contributed by atoms with van der Waals surface area (Å²) in [6.07, 6.45) is 0. The number of hydrogen-bond donors (Lipinski definition) is 1. The highest BCUT2D eigenvalue weighted by atomic mass is 16.5. The van der Waals surface area contributed by atoms with Gasteiger partial charge in [0.2, 0.25) is 5.91 Å². The zero-order valence-electron chi connectivity index (χ0n) is 11.5. The van der Waals surface area contributed by atoms with Crippen molar-refractivity contribution in [2.75, 3.05) is 38.2 Å². The van der Waals surface area contributed by atoms with Crippen LogP contribution in [0.2, 0.25) is 0 Å². The predicted octanol–water partition coefficient (Wildman–Crippen LogP) is 0.691. The molecule has 1 aromatic carbocycles. The second kappa shape index (κ2) is 5.93. The van der Waals surface area contributed by atoms with Crippen molar-refractivity contribution in [1.29, 1.82) is 0 Å². The standard InChI is InChI=1S/C14H21N3O2/c1-11(15)14(18)17-9-7-16(8-10-17)12-3-5-13(19-2)6-4-12/h3-6,11H,7-10,15H2,1-2H3.